The number of rotatable bonds is 4. The monoisotopic (exact) mass is 389 g/mol. The normalized spacial score (nSPS) is 17.7. The molecule has 0 unspecified atom stereocenters. The van der Waals surface area contributed by atoms with Crippen molar-refractivity contribution in [3.63, 3.8) is 0 Å². The second-order valence-electron chi connectivity index (χ2n) is 6.53. The predicted octanol–water partition coefficient (Wildman–Crippen LogP) is 1.90. The van der Waals surface area contributed by atoms with E-state index < -0.39 is 11.8 Å². The molecule has 2 heterocycles. The van der Waals surface area contributed by atoms with Gasteiger partial charge in [0.05, 0.1) is 19.9 Å². The van der Waals surface area contributed by atoms with Gasteiger partial charge in [-0.2, -0.15) is 0 Å². The molecule has 0 radical (unpaired) electrons. The molecule has 144 valence electrons. The number of ether oxygens (including phenoxy) is 2. The van der Waals surface area contributed by atoms with Crippen molar-refractivity contribution in [1.82, 2.24) is 9.80 Å². The van der Waals surface area contributed by atoms with E-state index >= 15 is 0 Å². The molecular formula is C19H23N3O4S. The molecule has 0 aromatic heterocycles. The summed E-state index contributed by atoms with van der Waals surface area (Å²) in [5, 5.41) is 0.177. The number of hydrogen-bond acceptors (Lipinski definition) is 6. The lowest BCUT2D eigenvalue weighted by atomic mass is 10.0. The van der Waals surface area contributed by atoms with Crippen molar-refractivity contribution in [2.75, 3.05) is 46.3 Å². The summed E-state index contributed by atoms with van der Waals surface area (Å²) in [6.45, 7) is 1.92. The van der Waals surface area contributed by atoms with Crippen LogP contribution >= 0.6 is 12.2 Å². The maximum atomic E-state index is 12.6. The van der Waals surface area contributed by atoms with Gasteiger partial charge in [0.15, 0.2) is 5.11 Å². The number of likely N-dealkylation sites (N-methyl/N-ethyl adjacent to an activating group) is 2. The van der Waals surface area contributed by atoms with Crippen LogP contribution in [0, 0.1) is 0 Å². The molecule has 0 bridgehead atoms. The second kappa shape index (κ2) is 7.56. The number of amides is 2. The minimum atomic E-state index is -0.437. The molecule has 8 heteroatoms. The zero-order chi connectivity index (χ0) is 19.7. The van der Waals surface area contributed by atoms with Crippen LogP contribution in [0.4, 0.5) is 5.69 Å². The van der Waals surface area contributed by atoms with Gasteiger partial charge in [-0.3, -0.25) is 19.4 Å². The quantitative estimate of drug-likeness (QED) is 0.445. The fraction of sp³-hybridized carbons (Fsp3) is 0.421. The van der Waals surface area contributed by atoms with Crippen molar-refractivity contribution in [2.24, 2.45) is 0 Å². The van der Waals surface area contributed by atoms with E-state index in [1.54, 1.807) is 34.4 Å². The summed E-state index contributed by atoms with van der Waals surface area (Å²) in [6, 6.07) is 3.69. The Labute approximate surface area is 164 Å². The molecule has 0 N–H and O–H groups in total. The smallest absolute Gasteiger partial charge is 0.265 e. The topological polar surface area (TPSA) is 62.3 Å². The largest absolute Gasteiger partial charge is 0.496 e. The molecule has 1 aromatic rings. The zero-order valence-corrected chi connectivity index (χ0v) is 16.8. The van der Waals surface area contributed by atoms with E-state index in [4.69, 9.17) is 21.7 Å². The number of thiocarbonyl (C=S) groups is 1. The fourth-order valence-corrected chi connectivity index (χ4v) is 3.52. The highest BCUT2D eigenvalue weighted by molar-refractivity contribution is 7.80. The Morgan fingerprint density at radius 2 is 1.52 bits per heavy atom. The molecule has 2 fully saturated rings. The molecule has 0 saturated carbocycles. The van der Waals surface area contributed by atoms with E-state index in [9.17, 15) is 9.59 Å². The summed E-state index contributed by atoms with van der Waals surface area (Å²) in [5.41, 5.74) is 1.58. The number of anilines is 1. The van der Waals surface area contributed by atoms with Crippen molar-refractivity contribution in [1.29, 1.82) is 0 Å². The lowest BCUT2D eigenvalue weighted by Crippen LogP contribution is -2.52. The van der Waals surface area contributed by atoms with Crippen LogP contribution in [0.1, 0.15) is 18.4 Å². The van der Waals surface area contributed by atoms with Crippen LogP contribution in [0.5, 0.6) is 11.5 Å². The summed E-state index contributed by atoms with van der Waals surface area (Å²) in [4.78, 5) is 29.9. The van der Waals surface area contributed by atoms with Gasteiger partial charge in [-0.15, -0.1) is 0 Å². The molecule has 3 rings (SSSR count). The summed E-state index contributed by atoms with van der Waals surface area (Å²) in [6.07, 6.45) is 3.81. The Hall–Kier alpha value is -2.61. The fourth-order valence-electron chi connectivity index (χ4n) is 3.35. The third-order valence-electron chi connectivity index (χ3n) is 4.92. The maximum absolute atomic E-state index is 12.6. The average molecular weight is 389 g/mol. The Balaban J connectivity index is 2.08. The van der Waals surface area contributed by atoms with E-state index in [-0.39, 0.29) is 10.7 Å². The molecular weight excluding hydrogens is 366 g/mol. The number of methoxy groups -OCH3 is 2. The summed E-state index contributed by atoms with van der Waals surface area (Å²) in [7, 11) is 6.27. The summed E-state index contributed by atoms with van der Waals surface area (Å²) < 4.78 is 11.1. The maximum Gasteiger partial charge on any atom is 0.265 e. The van der Waals surface area contributed by atoms with Gasteiger partial charge in [0.25, 0.3) is 11.8 Å². The summed E-state index contributed by atoms with van der Waals surface area (Å²) >= 11 is 5.12. The van der Waals surface area contributed by atoms with Gasteiger partial charge in [0.1, 0.15) is 17.1 Å². The van der Waals surface area contributed by atoms with Crippen molar-refractivity contribution in [3.8, 4) is 11.5 Å². The SMILES string of the molecule is COc1cc(N2CCCC2)c(OC)cc1C=C1C(=O)N(C)C(=S)N(C)C1=O. The first-order chi connectivity index (χ1) is 12.9. The minimum absolute atomic E-state index is 0.0304. The Morgan fingerprint density at radius 3 is 2.04 bits per heavy atom. The van der Waals surface area contributed by atoms with E-state index in [2.05, 4.69) is 4.90 Å². The lowest BCUT2D eigenvalue weighted by molar-refractivity contribution is -0.132. The molecule has 0 spiro atoms. The van der Waals surface area contributed by atoms with E-state index in [0.717, 1.165) is 31.6 Å². The highest BCUT2D eigenvalue weighted by Gasteiger charge is 2.35. The third kappa shape index (κ3) is 3.37. The first-order valence-electron chi connectivity index (χ1n) is 8.71. The van der Waals surface area contributed by atoms with Crippen molar-refractivity contribution in [2.45, 2.75) is 12.8 Å². The van der Waals surface area contributed by atoms with Gasteiger partial charge in [0, 0.05) is 38.8 Å². The number of hydrogen-bond donors (Lipinski definition) is 0. The van der Waals surface area contributed by atoms with Gasteiger partial charge in [-0.1, -0.05) is 0 Å². The van der Waals surface area contributed by atoms with Gasteiger partial charge < -0.3 is 14.4 Å². The third-order valence-corrected chi connectivity index (χ3v) is 5.47. The minimum Gasteiger partial charge on any atom is -0.496 e. The number of nitrogens with zero attached hydrogens (tertiary/aromatic N) is 3. The summed E-state index contributed by atoms with van der Waals surface area (Å²) in [5.74, 6) is 0.377. The molecule has 0 aliphatic carbocycles. The van der Waals surface area contributed by atoms with Crippen LogP contribution in [0.25, 0.3) is 6.08 Å². The standard InChI is InChI=1S/C19H23N3O4S/c1-20-17(23)13(18(24)21(2)19(20)27)9-12-10-16(26-4)14(11-15(12)25-3)22-7-5-6-8-22/h9-11H,5-8H2,1-4H3. The predicted molar refractivity (Wildman–Crippen MR) is 107 cm³/mol. The first kappa shape index (κ1) is 19.2. The van der Waals surface area contributed by atoms with Gasteiger partial charge in [-0.05, 0) is 37.2 Å². The van der Waals surface area contributed by atoms with Gasteiger partial charge in [-0.25, -0.2) is 0 Å². The molecule has 2 aliphatic heterocycles. The number of carbonyl (C=O) groups excluding carboxylic acids is 2. The lowest BCUT2D eigenvalue weighted by Gasteiger charge is -2.31. The Morgan fingerprint density at radius 1 is 0.963 bits per heavy atom. The number of carbonyl (C=O) groups is 2. The molecule has 0 atom stereocenters. The van der Waals surface area contributed by atoms with Gasteiger partial charge >= 0.3 is 0 Å². The molecule has 7 nitrogen and oxygen atoms in total. The van der Waals surface area contributed by atoms with E-state index in [0.29, 0.717) is 17.1 Å². The Kier molecular flexibility index (Phi) is 5.36. The van der Waals surface area contributed by atoms with Crippen molar-refractivity contribution >= 4 is 40.9 Å². The van der Waals surface area contributed by atoms with Crippen molar-refractivity contribution in [3.05, 3.63) is 23.3 Å². The van der Waals surface area contributed by atoms with Gasteiger partial charge in [0.2, 0.25) is 0 Å². The number of benzene rings is 1. The van der Waals surface area contributed by atoms with Crippen LogP contribution in [0.3, 0.4) is 0 Å². The van der Waals surface area contributed by atoms with Crippen molar-refractivity contribution < 1.29 is 19.1 Å². The average Bonchev–Trinajstić information content (AvgIpc) is 3.22. The van der Waals surface area contributed by atoms with E-state index in [1.807, 2.05) is 6.07 Å². The van der Waals surface area contributed by atoms with Crippen LogP contribution in [0.2, 0.25) is 0 Å². The molecule has 1 aromatic carbocycles. The molecule has 2 amide bonds. The molecule has 27 heavy (non-hydrogen) atoms. The van der Waals surface area contributed by atoms with Crippen LogP contribution in [-0.2, 0) is 9.59 Å². The van der Waals surface area contributed by atoms with Crippen LogP contribution < -0.4 is 14.4 Å². The zero-order valence-electron chi connectivity index (χ0n) is 15.9. The molecule has 2 aliphatic rings. The van der Waals surface area contributed by atoms with E-state index in [1.165, 1.54) is 15.9 Å². The highest BCUT2D eigenvalue weighted by atomic mass is 32.1. The highest BCUT2D eigenvalue weighted by Crippen LogP contribution is 2.38. The van der Waals surface area contributed by atoms with Crippen LogP contribution in [-0.4, -0.2) is 68.1 Å². The molecule has 2 saturated heterocycles. The van der Waals surface area contributed by atoms with Crippen LogP contribution in [0.15, 0.2) is 17.7 Å². The second-order valence-corrected chi connectivity index (χ2v) is 6.89. The Bertz CT molecular complexity index is 804. The first-order valence-corrected chi connectivity index (χ1v) is 9.12.